The van der Waals surface area contributed by atoms with Gasteiger partial charge in [-0.1, -0.05) is 6.07 Å². The van der Waals surface area contributed by atoms with Crippen LogP contribution in [0.2, 0.25) is 0 Å². The molecule has 1 aromatic carbocycles. The number of nitrogens with zero attached hydrogens (tertiary/aromatic N) is 3. The zero-order valence-corrected chi connectivity index (χ0v) is 17.7. The number of hydrogen-bond donors (Lipinski definition) is 1. The predicted molar refractivity (Wildman–Crippen MR) is 113 cm³/mol. The van der Waals surface area contributed by atoms with Crippen molar-refractivity contribution in [2.24, 2.45) is 0 Å². The normalized spacial score (nSPS) is 21.2. The van der Waals surface area contributed by atoms with Gasteiger partial charge in [0.25, 0.3) is 11.7 Å². The Bertz CT molecular complexity index is 1040. The van der Waals surface area contributed by atoms with Crippen molar-refractivity contribution in [3.8, 4) is 5.75 Å². The van der Waals surface area contributed by atoms with Gasteiger partial charge in [-0.3, -0.25) is 19.5 Å². The minimum Gasteiger partial charge on any atom is -0.507 e. The van der Waals surface area contributed by atoms with E-state index < -0.39 is 29.3 Å². The number of benzene rings is 1. The molecule has 2 aromatic rings. The standard InChI is InChI=1S/C23H24FN3O5/c1-31-18-6-5-15(24)14-16(18)21(28)19-20(17-4-2-3-7-25-17)27(23(30)22(19)29)9-8-26-10-12-32-13-11-26/h2-7,14,20,28H,8-13H2,1H3/b21-19+/t20-/m1/s1. The molecule has 168 valence electrons. The number of carbonyl (C=O) groups excluding carboxylic acids is 2. The van der Waals surface area contributed by atoms with E-state index in [0.29, 0.717) is 25.5 Å². The molecule has 0 saturated carbocycles. The first-order valence-electron chi connectivity index (χ1n) is 10.3. The largest absolute Gasteiger partial charge is 0.507 e. The van der Waals surface area contributed by atoms with Gasteiger partial charge < -0.3 is 19.5 Å². The quantitative estimate of drug-likeness (QED) is 0.416. The summed E-state index contributed by atoms with van der Waals surface area (Å²) in [4.78, 5) is 33.9. The zero-order chi connectivity index (χ0) is 22.7. The van der Waals surface area contributed by atoms with Crippen LogP contribution in [-0.2, 0) is 14.3 Å². The fourth-order valence-electron chi connectivity index (χ4n) is 4.04. The summed E-state index contributed by atoms with van der Waals surface area (Å²) in [5.41, 5.74) is 0.296. The molecule has 2 aliphatic heterocycles. The highest BCUT2D eigenvalue weighted by Gasteiger charge is 2.47. The fourth-order valence-corrected chi connectivity index (χ4v) is 4.04. The molecular weight excluding hydrogens is 417 g/mol. The van der Waals surface area contributed by atoms with E-state index in [1.54, 1.807) is 24.4 Å². The number of amides is 1. The number of ketones is 1. The van der Waals surface area contributed by atoms with Crippen molar-refractivity contribution >= 4 is 17.4 Å². The lowest BCUT2D eigenvalue weighted by atomic mass is 9.97. The van der Waals surface area contributed by atoms with E-state index in [1.807, 2.05) is 0 Å². The summed E-state index contributed by atoms with van der Waals surface area (Å²) >= 11 is 0. The third-order valence-electron chi connectivity index (χ3n) is 5.69. The van der Waals surface area contributed by atoms with Gasteiger partial charge in [0, 0.05) is 32.4 Å². The van der Waals surface area contributed by atoms with Gasteiger partial charge >= 0.3 is 0 Å². The van der Waals surface area contributed by atoms with Crippen LogP contribution in [0.4, 0.5) is 4.39 Å². The van der Waals surface area contributed by atoms with E-state index in [9.17, 15) is 19.1 Å². The number of morpholine rings is 1. The lowest BCUT2D eigenvalue weighted by Gasteiger charge is -2.30. The Morgan fingerprint density at radius 1 is 1.22 bits per heavy atom. The molecule has 0 aliphatic carbocycles. The van der Waals surface area contributed by atoms with Crippen LogP contribution in [0.3, 0.4) is 0 Å². The van der Waals surface area contributed by atoms with Crippen LogP contribution in [-0.4, -0.2) is 78.1 Å². The van der Waals surface area contributed by atoms with Gasteiger partial charge in [0.1, 0.15) is 23.4 Å². The van der Waals surface area contributed by atoms with Gasteiger partial charge in [0.05, 0.1) is 37.2 Å². The molecule has 1 aromatic heterocycles. The topological polar surface area (TPSA) is 92.2 Å². The second kappa shape index (κ2) is 9.46. The van der Waals surface area contributed by atoms with Crippen molar-refractivity contribution in [1.29, 1.82) is 0 Å². The summed E-state index contributed by atoms with van der Waals surface area (Å²) in [7, 11) is 1.38. The molecule has 0 unspecified atom stereocenters. The summed E-state index contributed by atoms with van der Waals surface area (Å²) in [6.45, 7) is 3.51. The van der Waals surface area contributed by atoms with Gasteiger partial charge in [-0.15, -0.1) is 0 Å². The number of carbonyl (C=O) groups is 2. The van der Waals surface area contributed by atoms with Gasteiger partial charge in [0.15, 0.2) is 0 Å². The SMILES string of the molecule is COc1ccc(F)cc1/C(O)=C1\C(=O)C(=O)N(CCN2CCOCC2)[C@@H]1c1ccccn1. The number of hydrogen-bond acceptors (Lipinski definition) is 7. The molecular formula is C23H24FN3O5. The van der Waals surface area contributed by atoms with Crippen molar-refractivity contribution in [1.82, 2.24) is 14.8 Å². The predicted octanol–water partition coefficient (Wildman–Crippen LogP) is 1.98. The molecule has 1 amide bonds. The van der Waals surface area contributed by atoms with E-state index in [1.165, 1.54) is 24.1 Å². The van der Waals surface area contributed by atoms with Crippen LogP contribution in [0.15, 0.2) is 48.2 Å². The van der Waals surface area contributed by atoms with Gasteiger partial charge in [-0.05, 0) is 30.3 Å². The molecule has 32 heavy (non-hydrogen) atoms. The minimum atomic E-state index is -0.898. The van der Waals surface area contributed by atoms with Gasteiger partial charge in [0.2, 0.25) is 0 Å². The van der Waals surface area contributed by atoms with E-state index in [0.717, 1.165) is 19.2 Å². The average molecular weight is 441 g/mol. The maximum Gasteiger partial charge on any atom is 0.295 e. The highest BCUT2D eigenvalue weighted by Crippen LogP contribution is 2.40. The molecule has 1 atom stereocenters. The number of methoxy groups -OCH3 is 1. The molecule has 2 aliphatic rings. The van der Waals surface area contributed by atoms with Gasteiger partial charge in [-0.2, -0.15) is 0 Å². The zero-order valence-electron chi connectivity index (χ0n) is 17.7. The average Bonchev–Trinajstić information content (AvgIpc) is 3.08. The molecule has 3 heterocycles. The van der Waals surface area contributed by atoms with E-state index in [4.69, 9.17) is 9.47 Å². The molecule has 1 N–H and O–H groups in total. The summed E-state index contributed by atoms with van der Waals surface area (Å²) in [5.74, 6) is -2.49. The maximum atomic E-state index is 13.9. The summed E-state index contributed by atoms with van der Waals surface area (Å²) in [5, 5.41) is 11.1. The maximum absolute atomic E-state index is 13.9. The number of aliphatic hydroxyl groups is 1. The van der Waals surface area contributed by atoms with Crippen molar-refractivity contribution in [2.75, 3.05) is 46.5 Å². The van der Waals surface area contributed by atoms with Crippen LogP contribution in [0, 0.1) is 5.82 Å². The van der Waals surface area contributed by atoms with Gasteiger partial charge in [-0.25, -0.2) is 4.39 Å². The number of Topliss-reactive ketones (excluding diaryl/α,β-unsaturated/α-hetero) is 1. The lowest BCUT2D eigenvalue weighted by molar-refractivity contribution is -0.140. The van der Waals surface area contributed by atoms with Crippen molar-refractivity contribution < 1.29 is 28.6 Å². The van der Waals surface area contributed by atoms with Crippen molar-refractivity contribution in [3.05, 3.63) is 65.2 Å². The first-order valence-corrected chi connectivity index (χ1v) is 10.3. The van der Waals surface area contributed by atoms with Crippen molar-refractivity contribution in [2.45, 2.75) is 6.04 Å². The van der Waals surface area contributed by atoms with Crippen LogP contribution in [0.1, 0.15) is 17.3 Å². The highest BCUT2D eigenvalue weighted by atomic mass is 19.1. The number of halogens is 1. The molecule has 0 bridgehead atoms. The Hall–Kier alpha value is -3.30. The van der Waals surface area contributed by atoms with Crippen LogP contribution in [0.25, 0.3) is 5.76 Å². The van der Waals surface area contributed by atoms with Crippen molar-refractivity contribution in [3.63, 3.8) is 0 Å². The summed E-state index contributed by atoms with van der Waals surface area (Å²) in [6.07, 6.45) is 1.56. The number of aromatic nitrogens is 1. The minimum absolute atomic E-state index is 0.000361. The van der Waals surface area contributed by atoms with Crippen LogP contribution >= 0.6 is 0 Å². The first-order chi connectivity index (χ1) is 15.5. The molecule has 8 nitrogen and oxygen atoms in total. The lowest BCUT2D eigenvalue weighted by Crippen LogP contribution is -2.42. The third kappa shape index (κ3) is 4.21. The smallest absolute Gasteiger partial charge is 0.295 e. The second-order valence-corrected chi connectivity index (χ2v) is 7.55. The highest BCUT2D eigenvalue weighted by molar-refractivity contribution is 6.46. The monoisotopic (exact) mass is 441 g/mol. The second-order valence-electron chi connectivity index (χ2n) is 7.55. The van der Waals surface area contributed by atoms with E-state index in [-0.39, 0.29) is 23.4 Å². The molecule has 9 heteroatoms. The fraction of sp³-hybridized carbons (Fsp3) is 0.348. The molecule has 0 spiro atoms. The number of aliphatic hydroxyl groups excluding tert-OH is 1. The number of rotatable bonds is 6. The Morgan fingerprint density at radius 2 is 2.00 bits per heavy atom. The first kappa shape index (κ1) is 21.9. The molecule has 2 fully saturated rings. The number of likely N-dealkylation sites (tertiary alicyclic amines) is 1. The van der Waals surface area contributed by atoms with Crippen LogP contribution < -0.4 is 4.74 Å². The summed E-state index contributed by atoms with van der Waals surface area (Å²) < 4.78 is 24.5. The summed E-state index contributed by atoms with van der Waals surface area (Å²) in [6, 6.07) is 7.87. The molecule has 2 saturated heterocycles. The number of ether oxygens (including phenoxy) is 2. The van der Waals surface area contributed by atoms with E-state index in [2.05, 4.69) is 9.88 Å². The molecule has 0 radical (unpaired) electrons. The Kier molecular flexibility index (Phi) is 6.48. The Balaban J connectivity index is 1.76. The Morgan fingerprint density at radius 3 is 2.69 bits per heavy atom. The third-order valence-corrected chi connectivity index (χ3v) is 5.69. The van der Waals surface area contributed by atoms with Crippen LogP contribution in [0.5, 0.6) is 5.75 Å². The Labute approximate surface area is 184 Å². The van der Waals surface area contributed by atoms with E-state index >= 15 is 0 Å². The number of pyridine rings is 1. The molecule has 4 rings (SSSR count).